The van der Waals surface area contributed by atoms with E-state index >= 15 is 0 Å². The molecule has 5 nitrogen and oxygen atoms in total. The Morgan fingerprint density at radius 2 is 1.74 bits per heavy atom. The van der Waals surface area contributed by atoms with Gasteiger partial charge >= 0.3 is 0 Å². The van der Waals surface area contributed by atoms with E-state index in [1.165, 1.54) is 44.9 Å². The average Bonchev–Trinajstić information content (AvgIpc) is 3.00. The van der Waals surface area contributed by atoms with Crippen LogP contribution in [0.1, 0.15) is 77.6 Å². The van der Waals surface area contributed by atoms with Gasteiger partial charge in [0.05, 0.1) is 25.4 Å². The smallest absolute Gasteiger partial charge is 0.120 e. The molecule has 0 aromatic rings. The third-order valence-corrected chi connectivity index (χ3v) is 6.20. The van der Waals surface area contributed by atoms with Gasteiger partial charge in [0.1, 0.15) is 6.29 Å². The molecule has 0 aromatic carbocycles. The average molecular weight is 384 g/mol. The van der Waals surface area contributed by atoms with Crippen molar-refractivity contribution in [2.45, 2.75) is 95.8 Å². The van der Waals surface area contributed by atoms with E-state index in [-0.39, 0.29) is 24.2 Å². The highest BCUT2D eigenvalue weighted by atomic mass is 16.5. The lowest BCUT2D eigenvalue weighted by molar-refractivity contribution is -0.108. The van der Waals surface area contributed by atoms with Crippen molar-refractivity contribution in [3.05, 3.63) is 0 Å². The Morgan fingerprint density at radius 1 is 1.07 bits per heavy atom. The molecular formula is C22H41NO4. The molecule has 1 saturated carbocycles. The van der Waals surface area contributed by atoms with Crippen molar-refractivity contribution in [3.63, 3.8) is 0 Å². The minimum atomic E-state index is -0.358. The Morgan fingerprint density at radius 3 is 2.41 bits per heavy atom. The number of aliphatic hydroxyl groups is 1. The number of hydrogen-bond acceptors (Lipinski definition) is 5. The van der Waals surface area contributed by atoms with E-state index in [1.807, 2.05) is 0 Å². The lowest BCUT2D eigenvalue weighted by Gasteiger charge is -2.37. The van der Waals surface area contributed by atoms with Gasteiger partial charge in [0.25, 0.3) is 0 Å². The van der Waals surface area contributed by atoms with Crippen LogP contribution >= 0.6 is 0 Å². The molecule has 2 rings (SSSR count). The second-order valence-electron chi connectivity index (χ2n) is 8.23. The molecular weight excluding hydrogens is 342 g/mol. The molecule has 0 bridgehead atoms. The molecule has 1 N–H and O–H groups in total. The molecule has 1 heterocycles. The van der Waals surface area contributed by atoms with Crippen molar-refractivity contribution in [1.29, 1.82) is 0 Å². The summed E-state index contributed by atoms with van der Waals surface area (Å²) in [6.45, 7) is 6.22. The third-order valence-electron chi connectivity index (χ3n) is 6.20. The first-order valence-corrected chi connectivity index (χ1v) is 11.3. The van der Waals surface area contributed by atoms with E-state index in [0.717, 1.165) is 52.0 Å². The van der Waals surface area contributed by atoms with E-state index in [1.54, 1.807) is 0 Å². The molecule has 0 radical (unpaired) electrons. The number of aldehydes is 1. The second kappa shape index (κ2) is 13.6. The number of rotatable bonds is 14. The number of unbranched alkanes of at least 4 members (excludes halogenated alkanes) is 7. The summed E-state index contributed by atoms with van der Waals surface area (Å²) in [6.07, 6.45) is 13.1. The molecule has 0 aromatic heterocycles. The van der Waals surface area contributed by atoms with Crippen LogP contribution in [0.4, 0.5) is 0 Å². The van der Waals surface area contributed by atoms with E-state index in [4.69, 9.17) is 9.47 Å². The molecule has 1 aliphatic carbocycles. The fourth-order valence-electron chi connectivity index (χ4n) is 4.73. The molecule has 27 heavy (non-hydrogen) atoms. The Kier molecular flexibility index (Phi) is 11.5. The number of aliphatic hydroxyl groups excluding tert-OH is 1. The first kappa shape index (κ1) is 22.8. The van der Waals surface area contributed by atoms with Crippen LogP contribution in [0.5, 0.6) is 0 Å². The lowest BCUT2D eigenvalue weighted by Crippen LogP contribution is -2.50. The molecule has 1 aliphatic heterocycles. The third kappa shape index (κ3) is 7.80. The Bertz CT molecular complexity index is 387. The first-order chi connectivity index (χ1) is 13.3. The highest BCUT2D eigenvalue weighted by molar-refractivity contribution is 5.49. The minimum Gasteiger partial charge on any atom is -0.391 e. The predicted octanol–water partition coefficient (Wildman–Crippen LogP) is 3.57. The summed E-state index contributed by atoms with van der Waals surface area (Å²) in [5.74, 6) is 0.248. The molecule has 158 valence electrons. The molecule has 2 aliphatic rings. The van der Waals surface area contributed by atoms with Crippen LogP contribution in [0.15, 0.2) is 0 Å². The maximum Gasteiger partial charge on any atom is 0.120 e. The zero-order chi connectivity index (χ0) is 19.3. The summed E-state index contributed by atoms with van der Waals surface area (Å²) in [7, 11) is 0. The van der Waals surface area contributed by atoms with E-state index in [9.17, 15) is 9.90 Å². The van der Waals surface area contributed by atoms with Gasteiger partial charge in [-0.3, -0.25) is 4.90 Å². The minimum absolute atomic E-state index is 0.0809. The van der Waals surface area contributed by atoms with Gasteiger partial charge in [-0.1, -0.05) is 51.9 Å². The van der Waals surface area contributed by atoms with Crippen molar-refractivity contribution in [1.82, 2.24) is 4.90 Å². The number of nitrogens with zero attached hydrogens (tertiary/aromatic N) is 1. The topological polar surface area (TPSA) is 59.0 Å². The second-order valence-corrected chi connectivity index (χ2v) is 8.23. The van der Waals surface area contributed by atoms with Crippen LogP contribution in [0.25, 0.3) is 0 Å². The summed E-state index contributed by atoms with van der Waals surface area (Å²) in [4.78, 5) is 13.3. The number of carbonyl (C=O) groups excluding carboxylic acids is 1. The van der Waals surface area contributed by atoms with Gasteiger partial charge < -0.3 is 19.4 Å². The van der Waals surface area contributed by atoms with Crippen LogP contribution < -0.4 is 0 Å². The first-order valence-electron chi connectivity index (χ1n) is 11.3. The van der Waals surface area contributed by atoms with Crippen molar-refractivity contribution < 1.29 is 19.4 Å². The van der Waals surface area contributed by atoms with Crippen LogP contribution in [-0.2, 0) is 14.3 Å². The molecule has 2 fully saturated rings. The lowest BCUT2D eigenvalue weighted by atomic mass is 9.94. The number of ether oxygens (including phenoxy) is 2. The van der Waals surface area contributed by atoms with Gasteiger partial charge in [-0.05, 0) is 12.8 Å². The molecule has 0 unspecified atom stereocenters. The van der Waals surface area contributed by atoms with Crippen molar-refractivity contribution in [2.75, 3.05) is 32.9 Å². The van der Waals surface area contributed by atoms with Gasteiger partial charge in [0, 0.05) is 44.5 Å². The fraction of sp³-hybridized carbons (Fsp3) is 0.955. The van der Waals surface area contributed by atoms with Crippen LogP contribution in [-0.4, -0.2) is 67.5 Å². The fourth-order valence-corrected chi connectivity index (χ4v) is 4.73. The summed E-state index contributed by atoms with van der Waals surface area (Å²) >= 11 is 0. The largest absolute Gasteiger partial charge is 0.391 e. The van der Waals surface area contributed by atoms with Gasteiger partial charge in [-0.2, -0.15) is 0 Å². The van der Waals surface area contributed by atoms with Gasteiger partial charge in [0.15, 0.2) is 0 Å². The quantitative estimate of drug-likeness (QED) is 0.367. The molecule has 1 saturated heterocycles. The zero-order valence-corrected chi connectivity index (χ0v) is 17.3. The zero-order valence-electron chi connectivity index (χ0n) is 17.3. The van der Waals surface area contributed by atoms with Gasteiger partial charge in [-0.15, -0.1) is 0 Å². The Balaban J connectivity index is 1.71. The van der Waals surface area contributed by atoms with E-state index in [0.29, 0.717) is 12.8 Å². The predicted molar refractivity (Wildman–Crippen MR) is 108 cm³/mol. The van der Waals surface area contributed by atoms with Crippen LogP contribution in [0.2, 0.25) is 0 Å². The van der Waals surface area contributed by atoms with Gasteiger partial charge in [-0.25, -0.2) is 0 Å². The van der Waals surface area contributed by atoms with Crippen LogP contribution in [0, 0.1) is 5.92 Å². The highest BCUT2D eigenvalue weighted by Crippen LogP contribution is 2.36. The number of morpholine rings is 1. The summed E-state index contributed by atoms with van der Waals surface area (Å²) in [5, 5.41) is 10.7. The normalized spacial score (nSPS) is 29.3. The monoisotopic (exact) mass is 383 g/mol. The summed E-state index contributed by atoms with van der Waals surface area (Å²) in [6, 6.07) is 0.109. The van der Waals surface area contributed by atoms with Crippen molar-refractivity contribution in [2.24, 2.45) is 5.92 Å². The van der Waals surface area contributed by atoms with Gasteiger partial charge in [0.2, 0.25) is 0 Å². The number of carbonyl (C=O) groups is 1. The van der Waals surface area contributed by atoms with Crippen molar-refractivity contribution in [3.8, 4) is 0 Å². The maximum absolute atomic E-state index is 10.9. The Hall–Kier alpha value is -0.490. The van der Waals surface area contributed by atoms with Crippen LogP contribution in [0.3, 0.4) is 0 Å². The molecule has 4 atom stereocenters. The SMILES string of the molecule is CCCCCCCCCCO[C@@H]1C[C@H](O)[C@@H](N2CCOCC2)[C@@H]1CCC=O. The van der Waals surface area contributed by atoms with Crippen molar-refractivity contribution >= 4 is 6.29 Å². The molecule has 5 heteroatoms. The highest BCUT2D eigenvalue weighted by Gasteiger charge is 2.45. The van der Waals surface area contributed by atoms with E-state index in [2.05, 4.69) is 11.8 Å². The summed E-state index contributed by atoms with van der Waals surface area (Å²) < 4.78 is 11.7. The Labute approximate surface area is 165 Å². The van der Waals surface area contributed by atoms with E-state index < -0.39 is 0 Å². The standard InChI is InChI=1S/C22H41NO4/c1-2-3-4-5-6-7-8-9-15-27-21-18-20(25)22(19(21)11-10-14-24)23-12-16-26-17-13-23/h14,19-22,25H,2-13,15-18H2,1H3/t19-,20+,21-,22+/m1/s1. The molecule has 0 amide bonds. The maximum atomic E-state index is 10.9. The summed E-state index contributed by atoms with van der Waals surface area (Å²) in [5.41, 5.74) is 0. The number of hydrogen-bond donors (Lipinski definition) is 1. The molecule has 0 spiro atoms.